The van der Waals surface area contributed by atoms with E-state index >= 15 is 0 Å². The van der Waals surface area contributed by atoms with Crippen molar-refractivity contribution in [2.75, 3.05) is 13.2 Å². The SMILES string of the molecule is O=C(O)C1=CC(=O)c2c(cccc2OCC([18F])COc2cccc3c2C(=O)C=CC3)C1. The van der Waals surface area contributed by atoms with E-state index in [1.807, 2.05) is 6.07 Å². The Labute approximate surface area is 177 Å². The zero-order valence-corrected chi connectivity index (χ0v) is 16.5. The molecule has 2 aromatic carbocycles. The third kappa shape index (κ3) is 4.26. The summed E-state index contributed by atoms with van der Waals surface area (Å²) in [7, 11) is 0. The van der Waals surface area contributed by atoms with Gasteiger partial charge in [0.1, 0.15) is 24.7 Å². The van der Waals surface area contributed by atoms with E-state index in [-0.39, 0.29) is 42.3 Å². The smallest absolute Gasteiger partial charge is 0.332 e. The quantitative estimate of drug-likeness (QED) is 0.736. The molecule has 0 aromatic heterocycles. The lowest BCUT2D eigenvalue weighted by Gasteiger charge is -2.19. The van der Waals surface area contributed by atoms with Gasteiger partial charge in [-0.15, -0.1) is 0 Å². The van der Waals surface area contributed by atoms with Crippen molar-refractivity contribution >= 4 is 17.5 Å². The van der Waals surface area contributed by atoms with Crippen molar-refractivity contribution < 1.29 is 33.4 Å². The average Bonchev–Trinajstić information content (AvgIpc) is 2.76. The van der Waals surface area contributed by atoms with Crippen LogP contribution in [-0.4, -0.2) is 42.0 Å². The first kappa shape index (κ1) is 20.5. The molecule has 0 spiro atoms. The van der Waals surface area contributed by atoms with E-state index in [9.17, 15) is 18.8 Å². The van der Waals surface area contributed by atoms with Gasteiger partial charge in [0.15, 0.2) is 17.7 Å². The second-order valence-electron chi connectivity index (χ2n) is 7.29. The normalized spacial score (nSPS) is 15.6. The van der Waals surface area contributed by atoms with Crippen LogP contribution >= 0.6 is 0 Å². The summed E-state index contributed by atoms with van der Waals surface area (Å²) in [6.07, 6.45) is 3.52. The number of carbonyl (C=O) groups excluding carboxylic acids is 2. The number of carboxylic acids is 1. The number of alkyl halides is 1. The fourth-order valence-electron chi connectivity index (χ4n) is 3.68. The molecule has 0 heterocycles. The largest absolute Gasteiger partial charge is 0.490 e. The van der Waals surface area contributed by atoms with Crippen LogP contribution in [0.2, 0.25) is 0 Å². The van der Waals surface area contributed by atoms with Gasteiger partial charge in [0.2, 0.25) is 0 Å². The lowest BCUT2D eigenvalue weighted by molar-refractivity contribution is -0.132. The Hall–Kier alpha value is -3.74. The van der Waals surface area contributed by atoms with Gasteiger partial charge in [-0.25, -0.2) is 9.18 Å². The monoisotopic (exact) mass is 421 g/mol. The van der Waals surface area contributed by atoms with E-state index in [0.717, 1.165) is 11.6 Å². The fraction of sp³-hybridized carbons (Fsp3) is 0.208. The highest BCUT2D eigenvalue weighted by molar-refractivity contribution is 6.13. The zero-order valence-electron chi connectivity index (χ0n) is 16.5. The van der Waals surface area contributed by atoms with E-state index in [4.69, 9.17) is 14.6 Å². The Balaban J connectivity index is 1.40. The third-order valence-corrected chi connectivity index (χ3v) is 5.13. The van der Waals surface area contributed by atoms with Gasteiger partial charge in [-0.05, 0) is 41.8 Å². The average molecular weight is 421 g/mol. The minimum absolute atomic E-state index is 0.00185. The Kier molecular flexibility index (Phi) is 5.66. The maximum absolute atomic E-state index is 14.5. The molecule has 1 N–H and O–H groups in total. The Morgan fingerprint density at radius 3 is 2.23 bits per heavy atom. The molecule has 1 unspecified atom stereocenters. The van der Waals surface area contributed by atoms with Gasteiger partial charge in [-0.3, -0.25) is 9.59 Å². The van der Waals surface area contributed by atoms with Crippen molar-refractivity contribution in [2.24, 2.45) is 0 Å². The summed E-state index contributed by atoms with van der Waals surface area (Å²) in [5, 5.41) is 9.13. The molecule has 0 radical (unpaired) electrons. The molecule has 0 saturated carbocycles. The minimum atomic E-state index is -1.51. The maximum atomic E-state index is 14.5. The number of aliphatic carboxylic acids is 1. The predicted molar refractivity (Wildman–Crippen MR) is 110 cm³/mol. The molecule has 1 atom stereocenters. The summed E-state index contributed by atoms with van der Waals surface area (Å²) >= 11 is 0. The van der Waals surface area contributed by atoms with Gasteiger partial charge in [-0.2, -0.15) is 0 Å². The van der Waals surface area contributed by atoms with Gasteiger partial charge in [-0.1, -0.05) is 30.3 Å². The summed E-state index contributed by atoms with van der Waals surface area (Å²) in [5.74, 6) is -1.28. The maximum Gasteiger partial charge on any atom is 0.332 e. The summed E-state index contributed by atoms with van der Waals surface area (Å²) < 4.78 is 25.5. The first-order valence-corrected chi connectivity index (χ1v) is 9.76. The molecule has 31 heavy (non-hydrogen) atoms. The number of allylic oxidation sites excluding steroid dienone is 3. The fourth-order valence-corrected chi connectivity index (χ4v) is 3.68. The first-order valence-electron chi connectivity index (χ1n) is 9.76. The molecule has 158 valence electrons. The first-order chi connectivity index (χ1) is 14.9. The van der Waals surface area contributed by atoms with Crippen molar-refractivity contribution in [3.05, 3.63) is 82.5 Å². The molecular weight excluding hydrogens is 402 g/mol. The number of ether oxygens (including phenoxy) is 2. The van der Waals surface area contributed by atoms with Crippen LogP contribution in [0.25, 0.3) is 0 Å². The van der Waals surface area contributed by atoms with Crippen molar-refractivity contribution in [2.45, 2.75) is 19.0 Å². The second kappa shape index (κ2) is 8.55. The topological polar surface area (TPSA) is 89.9 Å². The molecule has 2 aliphatic carbocycles. The molecule has 0 fully saturated rings. The molecule has 6 nitrogen and oxygen atoms in total. The molecule has 0 aliphatic heterocycles. The van der Waals surface area contributed by atoms with E-state index in [1.54, 1.807) is 36.4 Å². The standard InChI is InChI=1S/C24H19FO6/c25-17(12-30-20-8-2-5-14-4-1-7-18(26)22(14)20)13-31-21-9-3-6-15-10-16(24(28)29)11-19(27)23(15)21/h1-3,5-9,11,17H,4,10,12-13H2,(H,28,29)/i25-1. The third-order valence-electron chi connectivity index (χ3n) is 5.13. The van der Waals surface area contributed by atoms with Gasteiger partial charge in [0, 0.05) is 12.0 Å². The number of hydrogen-bond donors (Lipinski definition) is 1. The van der Waals surface area contributed by atoms with Gasteiger partial charge in [0.25, 0.3) is 0 Å². The van der Waals surface area contributed by atoms with Gasteiger partial charge in [0.05, 0.1) is 11.1 Å². The Bertz CT molecular complexity index is 1130. The highest BCUT2D eigenvalue weighted by Crippen LogP contribution is 2.30. The molecule has 2 aromatic rings. The summed E-state index contributed by atoms with van der Waals surface area (Å²) in [5.41, 5.74) is 2.05. The Morgan fingerprint density at radius 1 is 0.968 bits per heavy atom. The highest BCUT2D eigenvalue weighted by Gasteiger charge is 2.25. The van der Waals surface area contributed by atoms with Crippen molar-refractivity contribution in [1.29, 1.82) is 0 Å². The lowest BCUT2D eigenvalue weighted by Crippen LogP contribution is -2.23. The molecule has 4 rings (SSSR count). The summed E-state index contributed by atoms with van der Waals surface area (Å²) in [4.78, 5) is 35.7. The number of halogens is 1. The second-order valence-corrected chi connectivity index (χ2v) is 7.29. The van der Waals surface area contributed by atoms with Crippen LogP contribution in [0.15, 0.2) is 60.2 Å². The van der Waals surface area contributed by atoms with Crippen molar-refractivity contribution in [1.82, 2.24) is 0 Å². The number of carbonyl (C=O) groups is 3. The highest BCUT2D eigenvalue weighted by atomic mass is 18.2. The van der Waals surface area contributed by atoms with Crippen LogP contribution in [0.5, 0.6) is 11.5 Å². The number of fused-ring (bicyclic) bond motifs is 2. The van der Waals surface area contributed by atoms with Crippen molar-refractivity contribution in [3.63, 3.8) is 0 Å². The number of hydrogen-bond acceptors (Lipinski definition) is 5. The van der Waals surface area contributed by atoms with Crippen LogP contribution in [0.4, 0.5) is 4.39 Å². The van der Waals surface area contributed by atoms with E-state index < -0.39 is 17.9 Å². The predicted octanol–water partition coefficient (Wildman–Crippen LogP) is 3.53. The van der Waals surface area contributed by atoms with E-state index in [1.165, 1.54) is 6.08 Å². The van der Waals surface area contributed by atoms with E-state index in [2.05, 4.69) is 0 Å². The Morgan fingerprint density at radius 2 is 1.58 bits per heavy atom. The molecule has 7 heteroatoms. The van der Waals surface area contributed by atoms with Crippen LogP contribution in [0.3, 0.4) is 0 Å². The number of rotatable bonds is 7. The minimum Gasteiger partial charge on any atom is -0.490 e. The van der Waals surface area contributed by atoms with Crippen LogP contribution < -0.4 is 9.47 Å². The zero-order chi connectivity index (χ0) is 22.0. The summed E-state index contributed by atoms with van der Waals surface area (Å²) in [6.45, 7) is -0.679. The number of ketones is 2. The molecule has 2 aliphatic rings. The molecule has 0 bridgehead atoms. The van der Waals surface area contributed by atoms with Crippen LogP contribution in [-0.2, 0) is 17.6 Å². The number of carboxylic acid groups (broad SMARTS) is 1. The van der Waals surface area contributed by atoms with Crippen LogP contribution in [0.1, 0.15) is 31.8 Å². The molecule has 0 saturated heterocycles. The summed E-state index contributed by atoms with van der Waals surface area (Å²) in [6, 6.07) is 10.0. The number of benzene rings is 2. The van der Waals surface area contributed by atoms with Crippen LogP contribution in [0, 0.1) is 0 Å². The van der Waals surface area contributed by atoms with Crippen molar-refractivity contribution in [3.8, 4) is 11.5 Å². The molecular formula is C24H19FO6. The van der Waals surface area contributed by atoms with Gasteiger partial charge >= 0.3 is 5.97 Å². The van der Waals surface area contributed by atoms with E-state index in [0.29, 0.717) is 23.3 Å². The lowest BCUT2D eigenvalue weighted by atomic mass is 9.90. The van der Waals surface area contributed by atoms with Gasteiger partial charge < -0.3 is 14.6 Å². The molecule has 0 amide bonds.